The second-order valence-corrected chi connectivity index (χ2v) is 10.5. The minimum absolute atomic E-state index is 0.189. The molecule has 0 aliphatic carbocycles. The zero-order valence-electron chi connectivity index (χ0n) is 22.2. The van der Waals surface area contributed by atoms with Crippen molar-refractivity contribution in [3.63, 3.8) is 0 Å². The van der Waals surface area contributed by atoms with Crippen LogP contribution in [-0.2, 0) is 12.7 Å². The summed E-state index contributed by atoms with van der Waals surface area (Å²) >= 11 is 0. The van der Waals surface area contributed by atoms with Gasteiger partial charge in [0.2, 0.25) is 0 Å². The van der Waals surface area contributed by atoms with E-state index in [1.807, 2.05) is 12.1 Å². The van der Waals surface area contributed by atoms with Crippen molar-refractivity contribution in [3.05, 3.63) is 101 Å². The normalized spacial score (nSPS) is 20.1. The molecular weight excluding hydrogens is 517 g/mol. The minimum Gasteiger partial charge on any atom is -0.496 e. The molecule has 2 fully saturated rings. The lowest BCUT2D eigenvalue weighted by atomic mass is 9.82. The third-order valence-electron chi connectivity index (χ3n) is 8.09. The van der Waals surface area contributed by atoms with Crippen molar-refractivity contribution in [3.8, 4) is 11.4 Å². The van der Waals surface area contributed by atoms with E-state index in [0.717, 1.165) is 42.7 Å². The monoisotopic (exact) mass is 548 g/mol. The number of methoxy groups -OCH3 is 1. The Kier molecular flexibility index (Phi) is 7.29. The average molecular weight is 549 g/mol. The number of nitrogens with zero attached hydrogens (tertiary/aromatic N) is 6. The van der Waals surface area contributed by atoms with Gasteiger partial charge in [-0.2, -0.15) is 17.9 Å². The number of alkyl halides is 3. The summed E-state index contributed by atoms with van der Waals surface area (Å²) in [6.45, 7) is 3.31. The molecule has 0 unspecified atom stereocenters. The summed E-state index contributed by atoms with van der Waals surface area (Å²) < 4.78 is 46.9. The Morgan fingerprint density at radius 1 is 0.950 bits per heavy atom. The molecule has 7 nitrogen and oxygen atoms in total. The Balaban J connectivity index is 1.34. The predicted octanol–water partition coefficient (Wildman–Crippen LogP) is 5.17. The topological polar surface area (TPSA) is 59.3 Å². The summed E-state index contributed by atoms with van der Waals surface area (Å²) in [6, 6.07) is 26.9. The van der Waals surface area contributed by atoms with Crippen LogP contribution in [0.25, 0.3) is 5.69 Å². The van der Waals surface area contributed by atoms with Gasteiger partial charge in [-0.1, -0.05) is 60.7 Å². The van der Waals surface area contributed by atoms with Crippen LogP contribution in [0.2, 0.25) is 0 Å². The zero-order chi connectivity index (χ0) is 27.7. The van der Waals surface area contributed by atoms with Crippen LogP contribution in [0.3, 0.4) is 0 Å². The first-order valence-corrected chi connectivity index (χ1v) is 13.5. The van der Waals surface area contributed by atoms with Crippen LogP contribution >= 0.6 is 0 Å². The third-order valence-corrected chi connectivity index (χ3v) is 8.09. The van der Waals surface area contributed by atoms with Gasteiger partial charge in [-0.05, 0) is 59.1 Å². The van der Waals surface area contributed by atoms with Gasteiger partial charge in [0.15, 0.2) is 0 Å². The third kappa shape index (κ3) is 5.21. The van der Waals surface area contributed by atoms with Crippen molar-refractivity contribution < 1.29 is 17.9 Å². The molecule has 40 heavy (non-hydrogen) atoms. The zero-order valence-corrected chi connectivity index (χ0v) is 22.2. The maximum atomic E-state index is 13.5. The first kappa shape index (κ1) is 26.5. The maximum absolute atomic E-state index is 13.5. The van der Waals surface area contributed by atoms with Crippen molar-refractivity contribution in [1.82, 2.24) is 30.0 Å². The molecule has 0 radical (unpaired) electrons. The molecule has 2 aliphatic heterocycles. The van der Waals surface area contributed by atoms with Crippen LogP contribution in [0.5, 0.6) is 5.75 Å². The van der Waals surface area contributed by atoms with Crippen molar-refractivity contribution in [2.75, 3.05) is 26.7 Å². The highest BCUT2D eigenvalue weighted by Gasteiger charge is 2.42. The average Bonchev–Trinajstić information content (AvgIpc) is 3.65. The van der Waals surface area contributed by atoms with E-state index in [1.54, 1.807) is 25.3 Å². The van der Waals surface area contributed by atoms with E-state index in [2.05, 4.69) is 73.9 Å². The molecule has 2 saturated heterocycles. The first-order valence-electron chi connectivity index (χ1n) is 13.5. The summed E-state index contributed by atoms with van der Waals surface area (Å²) in [4.78, 5) is 5.09. The number of halogens is 3. The molecule has 1 aromatic heterocycles. The number of tetrazole rings is 1. The molecule has 2 aliphatic rings. The highest BCUT2D eigenvalue weighted by atomic mass is 19.4. The molecule has 0 spiro atoms. The lowest BCUT2D eigenvalue weighted by Crippen LogP contribution is -2.57. The number of hydrogen-bond donors (Lipinski definition) is 0. The molecule has 10 heteroatoms. The van der Waals surface area contributed by atoms with Gasteiger partial charge in [-0.25, -0.2) is 0 Å². The van der Waals surface area contributed by atoms with Gasteiger partial charge in [0.05, 0.1) is 12.8 Å². The van der Waals surface area contributed by atoms with Crippen LogP contribution in [0.4, 0.5) is 13.2 Å². The number of ether oxygens (including phenoxy) is 1. The van der Waals surface area contributed by atoms with Crippen molar-refractivity contribution >= 4 is 0 Å². The van der Waals surface area contributed by atoms with E-state index in [1.165, 1.54) is 11.1 Å². The summed E-state index contributed by atoms with van der Waals surface area (Å²) in [5, 5.41) is 10.1. The van der Waals surface area contributed by atoms with E-state index >= 15 is 0 Å². The molecule has 6 rings (SSSR count). The summed E-state index contributed by atoms with van der Waals surface area (Å²) in [5.41, 5.74) is 3.61. The summed E-state index contributed by atoms with van der Waals surface area (Å²) in [7, 11) is 1.58. The number of rotatable bonds is 7. The highest BCUT2D eigenvalue weighted by Crippen LogP contribution is 2.38. The molecule has 208 valence electrons. The molecule has 4 aromatic rings. The van der Waals surface area contributed by atoms with Crippen LogP contribution in [0.15, 0.2) is 78.9 Å². The quantitative estimate of drug-likeness (QED) is 0.318. The Labute approximate surface area is 231 Å². The van der Waals surface area contributed by atoms with Gasteiger partial charge < -0.3 is 4.74 Å². The second-order valence-electron chi connectivity index (χ2n) is 10.5. The van der Waals surface area contributed by atoms with E-state index in [-0.39, 0.29) is 17.6 Å². The summed E-state index contributed by atoms with van der Waals surface area (Å²) in [6.07, 6.45) is -2.39. The lowest BCUT2D eigenvalue weighted by Gasteiger charge is -2.47. The van der Waals surface area contributed by atoms with Gasteiger partial charge in [-0.15, -0.1) is 5.10 Å². The summed E-state index contributed by atoms with van der Waals surface area (Å²) in [5.74, 6) is -0.343. The first-order chi connectivity index (χ1) is 19.4. The smallest absolute Gasteiger partial charge is 0.453 e. The number of fused-ring (bicyclic) bond motifs is 1. The fraction of sp³-hybridized carbons (Fsp3) is 0.367. The standard InChI is InChI=1S/C30H31F3N6O/c1-40-27-15-14-24(39-29(30(31,32)33)34-35-36-39)17-23(27)18-37-19-25-13-8-16-38(25)26(20-37)28(21-9-4-2-5-10-21)22-11-6-3-7-12-22/h2-7,9-12,14-15,17,25-26,28H,8,13,16,18-20H2,1H3/t25-,26-/m0/s1. The van der Waals surface area contributed by atoms with Crippen LogP contribution in [0, 0.1) is 0 Å². The van der Waals surface area contributed by atoms with Gasteiger partial charge in [0.25, 0.3) is 5.82 Å². The molecule has 3 aromatic carbocycles. The number of benzene rings is 3. The lowest BCUT2D eigenvalue weighted by molar-refractivity contribution is -0.146. The van der Waals surface area contributed by atoms with E-state index in [4.69, 9.17) is 4.74 Å². The predicted molar refractivity (Wildman–Crippen MR) is 144 cm³/mol. The Hall–Kier alpha value is -3.76. The molecule has 0 N–H and O–H groups in total. The Morgan fingerprint density at radius 3 is 2.30 bits per heavy atom. The molecule has 0 saturated carbocycles. The van der Waals surface area contributed by atoms with Crippen LogP contribution < -0.4 is 4.74 Å². The molecule has 2 atom stereocenters. The molecule has 3 heterocycles. The molecule has 0 amide bonds. The fourth-order valence-corrected chi connectivity index (χ4v) is 6.42. The van der Waals surface area contributed by atoms with Gasteiger partial charge in [-0.3, -0.25) is 9.80 Å². The van der Waals surface area contributed by atoms with E-state index in [9.17, 15) is 13.2 Å². The van der Waals surface area contributed by atoms with Crippen molar-refractivity contribution in [2.24, 2.45) is 0 Å². The van der Waals surface area contributed by atoms with Crippen LogP contribution in [0.1, 0.15) is 41.3 Å². The van der Waals surface area contributed by atoms with Crippen molar-refractivity contribution in [2.45, 2.75) is 43.6 Å². The van der Waals surface area contributed by atoms with Crippen molar-refractivity contribution in [1.29, 1.82) is 0 Å². The largest absolute Gasteiger partial charge is 0.496 e. The van der Waals surface area contributed by atoms with E-state index in [0.29, 0.717) is 18.3 Å². The number of hydrogen-bond acceptors (Lipinski definition) is 6. The minimum atomic E-state index is -4.67. The SMILES string of the molecule is COc1ccc(-n2nnnc2C(F)(F)F)cc1CN1C[C@@H]2CCCN2[C@H](C(c2ccccc2)c2ccccc2)C1. The van der Waals surface area contributed by atoms with Gasteiger partial charge >= 0.3 is 6.18 Å². The highest BCUT2D eigenvalue weighted by molar-refractivity contribution is 5.44. The molecular formula is C30H31F3N6O. The van der Waals surface area contributed by atoms with Crippen LogP contribution in [-0.4, -0.2) is 68.8 Å². The second kappa shape index (κ2) is 11.0. The number of aromatic nitrogens is 4. The van der Waals surface area contributed by atoms with Gasteiger partial charge in [0, 0.05) is 43.2 Å². The fourth-order valence-electron chi connectivity index (χ4n) is 6.42. The van der Waals surface area contributed by atoms with Gasteiger partial charge in [0.1, 0.15) is 5.75 Å². The number of piperazine rings is 1. The maximum Gasteiger partial charge on any atom is 0.453 e. The van der Waals surface area contributed by atoms with E-state index < -0.39 is 12.0 Å². The Bertz CT molecular complexity index is 1390. The Morgan fingerprint density at radius 2 is 1.65 bits per heavy atom. The molecule has 0 bridgehead atoms.